The minimum absolute atomic E-state index is 0.106. The molecule has 3 aliphatic rings. The molecule has 1 nitrogen and oxygen atoms in total. The zero-order valence-electron chi connectivity index (χ0n) is 7.12. The number of nitriles is 1. The second kappa shape index (κ2) is 2.20. The molecule has 0 aliphatic heterocycles. The molecular formula is C9H10F3N. The summed E-state index contributed by atoms with van der Waals surface area (Å²) < 4.78 is 37.1. The monoisotopic (exact) mass is 189 g/mol. The van der Waals surface area contributed by atoms with Crippen molar-refractivity contribution >= 4 is 0 Å². The van der Waals surface area contributed by atoms with Gasteiger partial charge in [-0.3, -0.25) is 0 Å². The van der Waals surface area contributed by atoms with E-state index in [9.17, 15) is 13.2 Å². The van der Waals surface area contributed by atoms with Crippen LogP contribution in [0.2, 0.25) is 0 Å². The summed E-state index contributed by atoms with van der Waals surface area (Å²) in [6.45, 7) is 0. The number of rotatable bonds is 2. The van der Waals surface area contributed by atoms with Crippen LogP contribution in [-0.4, -0.2) is 6.18 Å². The lowest BCUT2D eigenvalue weighted by Crippen LogP contribution is -2.67. The minimum atomic E-state index is -4.01. The van der Waals surface area contributed by atoms with Gasteiger partial charge in [-0.05, 0) is 31.1 Å². The molecule has 0 atom stereocenters. The quantitative estimate of drug-likeness (QED) is 0.655. The van der Waals surface area contributed by atoms with Gasteiger partial charge in [0.15, 0.2) is 0 Å². The van der Waals surface area contributed by atoms with E-state index in [1.54, 1.807) is 0 Å². The molecule has 0 aromatic heterocycles. The molecule has 72 valence electrons. The van der Waals surface area contributed by atoms with Crippen LogP contribution < -0.4 is 0 Å². The van der Waals surface area contributed by atoms with Gasteiger partial charge in [-0.25, -0.2) is 0 Å². The Morgan fingerprint density at radius 2 is 1.77 bits per heavy atom. The molecule has 3 aliphatic carbocycles. The van der Waals surface area contributed by atoms with Crippen LogP contribution in [-0.2, 0) is 0 Å². The van der Waals surface area contributed by atoms with Crippen LogP contribution in [0.15, 0.2) is 0 Å². The summed E-state index contributed by atoms with van der Waals surface area (Å²) in [4.78, 5) is 0. The third-order valence-corrected chi connectivity index (χ3v) is 3.51. The zero-order valence-corrected chi connectivity index (χ0v) is 7.12. The highest BCUT2D eigenvalue weighted by molar-refractivity contribution is 5.20. The third-order valence-electron chi connectivity index (χ3n) is 3.51. The van der Waals surface area contributed by atoms with Crippen molar-refractivity contribution in [2.75, 3.05) is 0 Å². The third kappa shape index (κ3) is 0.993. The van der Waals surface area contributed by atoms with Crippen molar-refractivity contribution in [1.82, 2.24) is 0 Å². The molecule has 0 saturated heterocycles. The fourth-order valence-corrected chi connectivity index (χ4v) is 2.89. The van der Waals surface area contributed by atoms with E-state index in [1.807, 2.05) is 6.07 Å². The van der Waals surface area contributed by atoms with Gasteiger partial charge in [0.2, 0.25) is 0 Å². The van der Waals surface area contributed by atoms with Gasteiger partial charge in [-0.2, -0.15) is 18.4 Å². The fraction of sp³-hybridized carbons (Fsp3) is 0.889. The van der Waals surface area contributed by atoms with Gasteiger partial charge in [0, 0.05) is 6.42 Å². The van der Waals surface area contributed by atoms with E-state index in [0.717, 1.165) is 0 Å². The maximum atomic E-state index is 12.4. The van der Waals surface area contributed by atoms with E-state index >= 15 is 0 Å². The maximum absolute atomic E-state index is 12.4. The number of halogens is 3. The van der Waals surface area contributed by atoms with Gasteiger partial charge in [-0.15, -0.1) is 0 Å². The van der Waals surface area contributed by atoms with E-state index < -0.39 is 11.6 Å². The highest BCUT2D eigenvalue weighted by atomic mass is 19.4. The van der Waals surface area contributed by atoms with Crippen molar-refractivity contribution in [3.8, 4) is 6.07 Å². The Hall–Kier alpha value is -0.720. The molecule has 3 rings (SSSR count). The Morgan fingerprint density at radius 3 is 2.15 bits per heavy atom. The highest BCUT2D eigenvalue weighted by Gasteiger charge is 2.77. The van der Waals surface area contributed by atoms with Crippen molar-refractivity contribution in [3.63, 3.8) is 0 Å². The minimum Gasteiger partial charge on any atom is -0.198 e. The van der Waals surface area contributed by atoms with Crippen LogP contribution in [0, 0.1) is 22.2 Å². The average molecular weight is 189 g/mol. The first kappa shape index (κ1) is 8.86. The van der Waals surface area contributed by atoms with Crippen LogP contribution in [0.25, 0.3) is 0 Å². The average Bonchev–Trinajstić information content (AvgIpc) is 1.78. The number of alkyl halides is 3. The molecule has 0 amide bonds. The molecule has 4 heteroatoms. The van der Waals surface area contributed by atoms with Crippen molar-refractivity contribution in [1.29, 1.82) is 5.26 Å². The van der Waals surface area contributed by atoms with Crippen LogP contribution in [0.3, 0.4) is 0 Å². The van der Waals surface area contributed by atoms with Gasteiger partial charge in [-0.1, -0.05) is 0 Å². The molecule has 3 fully saturated rings. The first-order valence-corrected chi connectivity index (χ1v) is 4.37. The molecule has 0 unspecified atom stereocenters. The maximum Gasteiger partial charge on any atom is 0.394 e. The fourth-order valence-electron chi connectivity index (χ4n) is 2.89. The molecule has 0 aromatic rings. The Labute approximate surface area is 74.5 Å². The summed E-state index contributed by atoms with van der Waals surface area (Å²) >= 11 is 0. The first-order chi connectivity index (χ1) is 5.93. The van der Waals surface area contributed by atoms with E-state index in [0.29, 0.717) is 12.8 Å². The Balaban J connectivity index is 1.90. The number of hydrogen-bond donors (Lipinski definition) is 0. The lowest BCUT2D eigenvalue weighted by molar-refractivity contribution is -0.364. The second-order valence-corrected chi connectivity index (χ2v) is 4.47. The van der Waals surface area contributed by atoms with Gasteiger partial charge in [0.25, 0.3) is 0 Å². The van der Waals surface area contributed by atoms with Gasteiger partial charge in [0.1, 0.15) is 0 Å². The Kier molecular flexibility index (Phi) is 1.50. The predicted octanol–water partition coefficient (Wildman–Crippen LogP) is 3.02. The second-order valence-electron chi connectivity index (χ2n) is 4.47. The lowest BCUT2D eigenvalue weighted by atomic mass is 9.34. The van der Waals surface area contributed by atoms with E-state index in [4.69, 9.17) is 5.26 Å². The molecule has 3 saturated carbocycles. The normalized spacial score (nSPS) is 41.7. The highest BCUT2D eigenvalue weighted by Crippen LogP contribution is 2.79. The molecule has 0 aromatic carbocycles. The van der Waals surface area contributed by atoms with E-state index in [-0.39, 0.29) is 24.7 Å². The molecular weight excluding hydrogens is 179 g/mol. The van der Waals surface area contributed by atoms with Crippen molar-refractivity contribution in [2.45, 2.75) is 38.3 Å². The topological polar surface area (TPSA) is 23.8 Å². The molecule has 0 heterocycles. The summed E-state index contributed by atoms with van der Waals surface area (Å²) in [5.41, 5.74) is -1.45. The number of nitrogens with zero attached hydrogens (tertiary/aromatic N) is 1. The van der Waals surface area contributed by atoms with Gasteiger partial charge >= 0.3 is 6.18 Å². The SMILES string of the molecule is N#CCCC12CC(C(F)(F)F)(C1)C2. The lowest BCUT2D eigenvalue weighted by Gasteiger charge is -2.70. The van der Waals surface area contributed by atoms with Crippen molar-refractivity contribution < 1.29 is 13.2 Å². The Morgan fingerprint density at radius 1 is 1.23 bits per heavy atom. The summed E-state index contributed by atoms with van der Waals surface area (Å²) in [7, 11) is 0. The number of hydrogen-bond acceptors (Lipinski definition) is 1. The van der Waals surface area contributed by atoms with E-state index in [1.165, 1.54) is 0 Å². The smallest absolute Gasteiger partial charge is 0.198 e. The standard InChI is InChI=1S/C9H10F3N/c10-9(11,12)8-4-7(5-8,6-8)2-1-3-13/h1-2,4-6H2. The molecule has 13 heavy (non-hydrogen) atoms. The van der Waals surface area contributed by atoms with Crippen LogP contribution >= 0.6 is 0 Å². The van der Waals surface area contributed by atoms with Crippen LogP contribution in [0.1, 0.15) is 32.1 Å². The zero-order chi connectivity index (χ0) is 9.74. The first-order valence-electron chi connectivity index (χ1n) is 4.37. The molecule has 2 bridgehead atoms. The Bertz CT molecular complexity index is 254. The van der Waals surface area contributed by atoms with Gasteiger partial charge in [0.05, 0.1) is 11.5 Å². The largest absolute Gasteiger partial charge is 0.394 e. The molecule has 0 radical (unpaired) electrons. The van der Waals surface area contributed by atoms with Crippen LogP contribution in [0.4, 0.5) is 13.2 Å². The molecule has 0 N–H and O–H groups in total. The summed E-state index contributed by atoms with van der Waals surface area (Å²) in [6, 6.07) is 1.99. The van der Waals surface area contributed by atoms with E-state index in [2.05, 4.69) is 0 Å². The van der Waals surface area contributed by atoms with Gasteiger partial charge < -0.3 is 0 Å². The van der Waals surface area contributed by atoms with Crippen LogP contribution in [0.5, 0.6) is 0 Å². The summed E-state index contributed by atoms with van der Waals surface area (Å²) in [5, 5.41) is 8.32. The molecule has 0 spiro atoms. The van der Waals surface area contributed by atoms with Crippen molar-refractivity contribution in [2.24, 2.45) is 10.8 Å². The predicted molar refractivity (Wildman–Crippen MR) is 39.6 cm³/mol. The summed E-state index contributed by atoms with van der Waals surface area (Å²) in [5.74, 6) is 0. The van der Waals surface area contributed by atoms with Crippen molar-refractivity contribution in [3.05, 3.63) is 0 Å². The summed E-state index contributed by atoms with van der Waals surface area (Å²) in [6.07, 6.45) is -2.15.